The number of anilines is 4. The summed E-state index contributed by atoms with van der Waals surface area (Å²) < 4.78 is 0. The summed E-state index contributed by atoms with van der Waals surface area (Å²) >= 11 is 25.0. The molecule has 0 aromatic heterocycles. The fraction of sp³-hybridized carbons (Fsp3) is 0.217. The van der Waals surface area contributed by atoms with Crippen molar-refractivity contribution in [2.45, 2.75) is 64.4 Å². The summed E-state index contributed by atoms with van der Waals surface area (Å²) in [6, 6.07) is 23.2. The normalized spacial score (nSPS) is 12.1. The average molecular weight is 945 g/mol. The molecule has 4 N–H and O–H groups in total. The van der Waals surface area contributed by atoms with Gasteiger partial charge in [-0.25, -0.2) is 0 Å². The van der Waals surface area contributed by atoms with Crippen molar-refractivity contribution >= 4 is 116 Å². The summed E-state index contributed by atoms with van der Waals surface area (Å²) in [5.74, 6) is -3.31. The summed E-state index contributed by atoms with van der Waals surface area (Å²) in [4.78, 5) is 78.9. The Bertz CT molecular complexity index is 2490. The number of Topliss-reactive ketones (excluding diaryl/α,β-unsaturated/α-hetero) is 2. The molecule has 18 heteroatoms. The van der Waals surface area contributed by atoms with E-state index in [0.717, 1.165) is 11.1 Å². The summed E-state index contributed by atoms with van der Waals surface area (Å²) in [5, 5.41) is 27.2. The third kappa shape index (κ3) is 12.4. The fourth-order valence-corrected chi connectivity index (χ4v) is 7.02. The van der Waals surface area contributed by atoms with Crippen molar-refractivity contribution in [3.8, 4) is 0 Å². The monoisotopic (exact) mass is 942 g/mol. The fourth-order valence-electron chi connectivity index (χ4n) is 6.19. The number of carbonyl (C=O) groups is 6. The number of benzene rings is 5. The van der Waals surface area contributed by atoms with E-state index in [1.165, 1.54) is 50.2 Å². The van der Waals surface area contributed by atoms with Crippen molar-refractivity contribution in [2.75, 3.05) is 21.3 Å². The van der Waals surface area contributed by atoms with Crippen molar-refractivity contribution in [2.24, 2.45) is 20.5 Å². The molecule has 0 heterocycles. The molecule has 0 aliphatic heterocycles. The summed E-state index contributed by atoms with van der Waals surface area (Å²) in [7, 11) is 0. The molecule has 2 atom stereocenters. The molecule has 5 aromatic rings. The Labute approximate surface area is 389 Å². The van der Waals surface area contributed by atoms with Crippen LogP contribution in [0, 0.1) is 0 Å². The maximum Gasteiger partial charge on any atom is 0.258 e. The van der Waals surface area contributed by atoms with Gasteiger partial charge < -0.3 is 21.3 Å². The van der Waals surface area contributed by atoms with Crippen LogP contribution in [0.2, 0.25) is 10.0 Å². The second-order valence-corrected chi connectivity index (χ2v) is 15.5. The van der Waals surface area contributed by atoms with Crippen LogP contribution < -0.4 is 21.3 Å². The first kappa shape index (κ1) is 48.7. The molecule has 0 spiro atoms. The largest absolute Gasteiger partial charge is 0.323 e. The molecule has 0 saturated heterocycles. The third-order valence-corrected chi connectivity index (χ3v) is 11.0. The number of hydrogen-bond donors (Lipinski definition) is 4. The van der Waals surface area contributed by atoms with Crippen molar-refractivity contribution in [3.63, 3.8) is 0 Å². The Kier molecular flexibility index (Phi) is 17.4. The van der Waals surface area contributed by atoms with Crippen LogP contribution in [0.4, 0.5) is 34.1 Å². The predicted molar refractivity (Wildman–Crippen MR) is 251 cm³/mol. The molecule has 0 saturated carbocycles. The van der Waals surface area contributed by atoms with Gasteiger partial charge in [0.15, 0.2) is 11.6 Å². The van der Waals surface area contributed by atoms with Gasteiger partial charge in [0.1, 0.15) is 11.4 Å². The molecule has 2 unspecified atom stereocenters. The van der Waals surface area contributed by atoms with Crippen molar-refractivity contribution in [1.29, 1.82) is 0 Å². The Morgan fingerprint density at radius 2 is 0.906 bits per heavy atom. The zero-order valence-electron chi connectivity index (χ0n) is 35.0. The number of nitrogens with zero attached hydrogens (tertiary/aromatic N) is 4. The van der Waals surface area contributed by atoms with E-state index in [2.05, 4.69) is 41.7 Å². The number of ketones is 2. The van der Waals surface area contributed by atoms with Gasteiger partial charge in [-0.2, -0.15) is 20.5 Å². The molecule has 5 rings (SSSR count). The number of azo groups is 2. The van der Waals surface area contributed by atoms with Crippen LogP contribution in [0.15, 0.2) is 118 Å². The lowest BCUT2D eigenvalue weighted by molar-refractivity contribution is -0.127. The van der Waals surface area contributed by atoms with E-state index in [1.54, 1.807) is 48.5 Å². The molecule has 0 bridgehead atoms. The van der Waals surface area contributed by atoms with Gasteiger partial charge in [-0.05, 0) is 110 Å². The Balaban J connectivity index is 1.31. The van der Waals surface area contributed by atoms with E-state index in [0.29, 0.717) is 46.7 Å². The number of alkyl halides is 2. The maximum atomic E-state index is 13.6. The second-order valence-electron chi connectivity index (χ2n) is 14.2. The van der Waals surface area contributed by atoms with Crippen molar-refractivity contribution in [1.82, 2.24) is 0 Å². The first-order valence-electron chi connectivity index (χ1n) is 19.8. The van der Waals surface area contributed by atoms with E-state index in [-0.39, 0.29) is 44.3 Å². The minimum atomic E-state index is -1.58. The lowest BCUT2D eigenvalue weighted by Gasteiger charge is -2.18. The minimum absolute atomic E-state index is 0.0458. The lowest BCUT2D eigenvalue weighted by atomic mass is 10.0. The number of hydrogen-bond acceptors (Lipinski definition) is 10. The Hall–Kier alpha value is -6.32. The smallest absolute Gasteiger partial charge is 0.258 e. The van der Waals surface area contributed by atoms with Gasteiger partial charge in [0.05, 0.1) is 21.2 Å². The highest BCUT2D eigenvalue weighted by Crippen LogP contribution is 2.33. The van der Waals surface area contributed by atoms with Crippen LogP contribution in [0.3, 0.4) is 0 Å². The Morgan fingerprint density at radius 1 is 0.531 bits per heavy atom. The number of halogens is 4. The summed E-state index contributed by atoms with van der Waals surface area (Å²) in [6.45, 7) is 6.03. The molecule has 0 radical (unpaired) electrons. The van der Waals surface area contributed by atoms with Gasteiger partial charge in [-0.15, -0.1) is 23.2 Å². The Morgan fingerprint density at radius 3 is 1.25 bits per heavy atom. The van der Waals surface area contributed by atoms with E-state index < -0.39 is 47.3 Å². The van der Waals surface area contributed by atoms with Gasteiger partial charge in [0.25, 0.3) is 23.6 Å². The van der Waals surface area contributed by atoms with Crippen LogP contribution >= 0.6 is 46.4 Å². The van der Waals surface area contributed by atoms with Crippen LogP contribution in [0.25, 0.3) is 0 Å². The molecule has 0 aliphatic rings. The van der Waals surface area contributed by atoms with E-state index in [1.807, 2.05) is 26.0 Å². The summed E-state index contributed by atoms with van der Waals surface area (Å²) in [6.07, 6.45) is 0.761. The molecule has 64 heavy (non-hydrogen) atoms. The molecule has 5 aromatic carbocycles. The number of rotatable bonds is 18. The SMILES string of the molecule is CCc1cc(NC(=O)C(N=Nc2cccc(C(=O)Nc3cccc(CCl)c3)c2Cl)C(C)=O)c(CC)cc1NC(=O)C(N=Nc1cccc(C(=O)Nc2cccc(CCl)c2)c1Cl)C(C)=O. The van der Waals surface area contributed by atoms with E-state index >= 15 is 0 Å². The highest BCUT2D eigenvalue weighted by atomic mass is 35.5. The predicted octanol–water partition coefficient (Wildman–Crippen LogP) is 11.5. The molecule has 14 nitrogen and oxygen atoms in total. The first-order chi connectivity index (χ1) is 30.7. The van der Waals surface area contributed by atoms with Crippen molar-refractivity contribution in [3.05, 3.63) is 140 Å². The minimum Gasteiger partial charge on any atom is -0.323 e. The van der Waals surface area contributed by atoms with Gasteiger partial charge >= 0.3 is 0 Å². The topological polar surface area (TPSA) is 200 Å². The maximum absolute atomic E-state index is 13.6. The molecule has 330 valence electrons. The van der Waals surface area contributed by atoms with E-state index in [4.69, 9.17) is 46.4 Å². The standard InChI is InChI=1S/C46H42Cl4N8O6/c1-5-29-21-38(54-46(64)42(26(4)60)58-56-36-18-10-16-34(40(36)50)44(62)52-32-14-8-12-28(20-32)24-48)30(6-2)22-37(29)53-45(63)41(25(3)59)57-55-35-17-9-15-33(39(35)49)43(61)51-31-13-7-11-27(19-31)23-47/h7-22,41-42H,5-6,23-24H2,1-4H3,(H,51,61)(H,52,62)(H,53,63)(H,54,64). The zero-order chi connectivity index (χ0) is 46.5. The summed E-state index contributed by atoms with van der Waals surface area (Å²) in [5.41, 5.74) is 4.78. The zero-order valence-corrected chi connectivity index (χ0v) is 38.0. The highest BCUT2D eigenvalue weighted by molar-refractivity contribution is 6.37. The van der Waals surface area contributed by atoms with Crippen LogP contribution in [0.5, 0.6) is 0 Å². The van der Waals surface area contributed by atoms with Gasteiger partial charge in [0.2, 0.25) is 12.1 Å². The van der Waals surface area contributed by atoms with Crippen LogP contribution in [-0.4, -0.2) is 47.3 Å². The molecular weight excluding hydrogens is 902 g/mol. The van der Waals surface area contributed by atoms with Gasteiger partial charge in [-0.3, -0.25) is 28.8 Å². The lowest BCUT2D eigenvalue weighted by Crippen LogP contribution is -2.33. The van der Waals surface area contributed by atoms with Crippen molar-refractivity contribution < 1.29 is 28.8 Å². The average Bonchev–Trinajstić information content (AvgIpc) is 3.27. The highest BCUT2D eigenvalue weighted by Gasteiger charge is 2.27. The number of nitrogens with one attached hydrogen (secondary N) is 4. The first-order valence-corrected chi connectivity index (χ1v) is 21.6. The number of aryl methyl sites for hydroxylation is 2. The molecular formula is C46H42Cl4N8O6. The van der Waals surface area contributed by atoms with Gasteiger partial charge in [-0.1, -0.05) is 73.4 Å². The molecule has 0 fully saturated rings. The number of amides is 4. The third-order valence-electron chi connectivity index (χ3n) is 9.56. The van der Waals surface area contributed by atoms with E-state index in [9.17, 15) is 28.8 Å². The molecule has 4 amide bonds. The second kappa shape index (κ2) is 22.9. The quantitative estimate of drug-likeness (QED) is 0.0382. The van der Waals surface area contributed by atoms with Crippen LogP contribution in [-0.2, 0) is 43.8 Å². The molecule has 0 aliphatic carbocycles. The number of carbonyl (C=O) groups excluding carboxylic acids is 6. The van der Waals surface area contributed by atoms with Crippen LogP contribution in [0.1, 0.15) is 70.7 Å². The van der Waals surface area contributed by atoms with Gasteiger partial charge in [0, 0.05) is 34.5 Å².